The van der Waals surface area contributed by atoms with Gasteiger partial charge in [0.2, 0.25) is 0 Å². The van der Waals surface area contributed by atoms with Crippen molar-refractivity contribution in [3.8, 4) is 0 Å². The lowest BCUT2D eigenvalue weighted by atomic mass is 9.77. The zero-order valence-corrected chi connectivity index (χ0v) is 14.6. The van der Waals surface area contributed by atoms with Gasteiger partial charge in [0.25, 0.3) is 10.1 Å². The van der Waals surface area contributed by atoms with Crippen LogP contribution in [-0.4, -0.2) is 18.8 Å². The van der Waals surface area contributed by atoms with Gasteiger partial charge in [0, 0.05) is 6.42 Å². The van der Waals surface area contributed by atoms with Crippen LogP contribution in [0.1, 0.15) is 44.7 Å². The molecule has 0 atom stereocenters. The molecule has 22 heavy (non-hydrogen) atoms. The SMILES string of the molecule is CC1=CC(=O)CC(C)(C)C1.Cc1cccc(C)c1S(=O)(=O)O. The van der Waals surface area contributed by atoms with Gasteiger partial charge in [-0.2, -0.15) is 8.42 Å². The van der Waals surface area contributed by atoms with Crippen molar-refractivity contribution >= 4 is 15.9 Å². The van der Waals surface area contributed by atoms with Crippen LogP contribution in [-0.2, 0) is 14.9 Å². The summed E-state index contributed by atoms with van der Waals surface area (Å²) in [5.74, 6) is 0.286. The van der Waals surface area contributed by atoms with Crippen molar-refractivity contribution in [3.05, 3.63) is 41.0 Å². The lowest BCUT2D eigenvalue weighted by Gasteiger charge is -2.27. The fourth-order valence-corrected chi connectivity index (χ4v) is 3.82. The van der Waals surface area contributed by atoms with Gasteiger partial charge in [-0.1, -0.05) is 37.6 Å². The first-order chi connectivity index (χ1) is 9.92. The number of aryl methyl sites for hydroxylation is 2. The number of carbonyl (C=O) groups is 1. The molecule has 0 heterocycles. The van der Waals surface area contributed by atoms with Crippen LogP contribution in [0.2, 0.25) is 0 Å². The molecule has 0 amide bonds. The third-order valence-corrected chi connectivity index (χ3v) is 4.64. The van der Waals surface area contributed by atoms with Gasteiger partial charge >= 0.3 is 0 Å². The zero-order chi connectivity index (χ0) is 17.1. The molecule has 0 radical (unpaired) electrons. The van der Waals surface area contributed by atoms with Crippen LogP contribution in [0.3, 0.4) is 0 Å². The van der Waals surface area contributed by atoms with Crippen molar-refractivity contribution in [1.29, 1.82) is 0 Å². The minimum absolute atomic E-state index is 0.0185. The fourth-order valence-electron chi connectivity index (χ4n) is 2.87. The van der Waals surface area contributed by atoms with Crippen molar-refractivity contribution in [2.45, 2.75) is 52.4 Å². The molecule has 1 aromatic carbocycles. The molecule has 0 aromatic heterocycles. The smallest absolute Gasteiger partial charge is 0.295 e. The molecule has 0 saturated carbocycles. The number of benzene rings is 1. The quantitative estimate of drug-likeness (QED) is 0.796. The summed E-state index contributed by atoms with van der Waals surface area (Å²) < 4.78 is 30.5. The number of hydrogen-bond acceptors (Lipinski definition) is 3. The van der Waals surface area contributed by atoms with Gasteiger partial charge < -0.3 is 0 Å². The fraction of sp³-hybridized carbons (Fsp3) is 0.471. The summed E-state index contributed by atoms with van der Waals surface area (Å²) in [7, 11) is -4.06. The van der Waals surface area contributed by atoms with Crippen LogP contribution in [0.25, 0.3) is 0 Å². The Morgan fingerprint density at radius 3 is 1.86 bits per heavy atom. The van der Waals surface area contributed by atoms with Gasteiger partial charge in [-0.3, -0.25) is 9.35 Å². The molecular formula is C17H24O4S. The second-order valence-corrected chi connectivity index (χ2v) is 8.03. The Kier molecular flexibility index (Phi) is 5.70. The molecule has 1 N–H and O–H groups in total. The summed E-state index contributed by atoms with van der Waals surface area (Å²) in [6, 6.07) is 5.05. The van der Waals surface area contributed by atoms with Gasteiger partial charge in [0.1, 0.15) is 0 Å². The van der Waals surface area contributed by atoms with Crippen molar-refractivity contribution in [3.63, 3.8) is 0 Å². The van der Waals surface area contributed by atoms with E-state index in [0.29, 0.717) is 17.5 Å². The van der Waals surface area contributed by atoms with Crippen LogP contribution >= 0.6 is 0 Å². The van der Waals surface area contributed by atoms with E-state index in [2.05, 4.69) is 13.8 Å². The number of ketones is 1. The molecule has 4 nitrogen and oxygen atoms in total. The van der Waals surface area contributed by atoms with Crippen molar-refractivity contribution in [1.82, 2.24) is 0 Å². The molecule has 0 spiro atoms. The summed E-state index contributed by atoms with van der Waals surface area (Å²) in [4.78, 5) is 11.0. The third kappa shape index (κ3) is 5.39. The normalized spacial score (nSPS) is 17.4. The number of hydrogen-bond donors (Lipinski definition) is 1. The molecule has 0 unspecified atom stereocenters. The summed E-state index contributed by atoms with van der Waals surface area (Å²) in [6.45, 7) is 9.60. The van der Waals surface area contributed by atoms with E-state index in [1.165, 1.54) is 5.57 Å². The predicted molar refractivity (Wildman–Crippen MR) is 87.5 cm³/mol. The van der Waals surface area contributed by atoms with Crippen molar-refractivity contribution in [2.24, 2.45) is 5.41 Å². The highest BCUT2D eigenvalue weighted by atomic mass is 32.2. The lowest BCUT2D eigenvalue weighted by molar-refractivity contribution is -0.117. The third-order valence-electron chi connectivity index (χ3n) is 3.48. The predicted octanol–water partition coefficient (Wildman–Crippen LogP) is 3.87. The van der Waals surface area contributed by atoms with E-state index < -0.39 is 10.1 Å². The number of carbonyl (C=O) groups excluding carboxylic acids is 1. The summed E-state index contributed by atoms with van der Waals surface area (Å²) >= 11 is 0. The van der Waals surface area contributed by atoms with E-state index in [4.69, 9.17) is 4.55 Å². The minimum Gasteiger partial charge on any atom is -0.295 e. The van der Waals surface area contributed by atoms with E-state index in [-0.39, 0.29) is 16.1 Å². The Labute approximate surface area is 133 Å². The first kappa shape index (κ1) is 18.6. The standard InChI is InChI=1S/C9H14O.C8H10O3S/c1-7-4-8(10)6-9(2,3)5-7;1-6-4-3-5-7(2)8(6)12(9,10)11/h4H,5-6H2,1-3H3;3-5H,1-2H3,(H,9,10,11). The van der Waals surface area contributed by atoms with E-state index in [1.54, 1.807) is 38.1 Å². The number of allylic oxidation sites excluding steroid dienone is 2. The summed E-state index contributed by atoms with van der Waals surface area (Å²) in [5.41, 5.74) is 2.56. The maximum absolute atomic E-state index is 11.0. The van der Waals surface area contributed by atoms with E-state index in [1.807, 2.05) is 6.92 Å². The second kappa shape index (κ2) is 6.75. The summed E-state index contributed by atoms with van der Waals surface area (Å²) in [5, 5.41) is 0. The Hall–Kier alpha value is -1.46. The van der Waals surface area contributed by atoms with Crippen molar-refractivity contribution in [2.75, 3.05) is 0 Å². The van der Waals surface area contributed by atoms with E-state index in [9.17, 15) is 13.2 Å². The Morgan fingerprint density at radius 2 is 1.55 bits per heavy atom. The average molecular weight is 324 g/mol. The molecule has 122 valence electrons. The number of rotatable bonds is 1. The average Bonchev–Trinajstić information content (AvgIpc) is 2.23. The highest BCUT2D eigenvalue weighted by molar-refractivity contribution is 7.86. The lowest BCUT2D eigenvalue weighted by Crippen LogP contribution is -2.20. The van der Waals surface area contributed by atoms with Gasteiger partial charge in [0.05, 0.1) is 4.90 Å². The van der Waals surface area contributed by atoms with E-state index >= 15 is 0 Å². The Bertz CT molecular complexity index is 677. The Balaban J connectivity index is 0.000000224. The highest BCUT2D eigenvalue weighted by Gasteiger charge is 2.25. The minimum atomic E-state index is -4.06. The molecule has 0 fully saturated rings. The molecule has 1 aliphatic rings. The van der Waals surface area contributed by atoms with Crippen LogP contribution in [0.4, 0.5) is 0 Å². The second-order valence-electron chi connectivity index (χ2n) is 6.67. The maximum Gasteiger partial charge on any atom is 0.295 e. The molecule has 0 aliphatic heterocycles. The van der Waals surface area contributed by atoms with Crippen molar-refractivity contribution < 1.29 is 17.8 Å². The topological polar surface area (TPSA) is 71.4 Å². The van der Waals surface area contributed by atoms with Gasteiger partial charge in [-0.25, -0.2) is 0 Å². The van der Waals surface area contributed by atoms with Gasteiger partial charge in [0.15, 0.2) is 5.78 Å². The van der Waals surface area contributed by atoms with Crippen LogP contribution in [0.15, 0.2) is 34.7 Å². The van der Waals surface area contributed by atoms with Crippen LogP contribution < -0.4 is 0 Å². The largest absolute Gasteiger partial charge is 0.295 e. The monoisotopic (exact) mass is 324 g/mol. The van der Waals surface area contributed by atoms with Gasteiger partial charge in [-0.15, -0.1) is 0 Å². The molecule has 5 heteroatoms. The van der Waals surface area contributed by atoms with E-state index in [0.717, 1.165) is 6.42 Å². The molecule has 0 saturated heterocycles. The Morgan fingerprint density at radius 1 is 1.05 bits per heavy atom. The zero-order valence-electron chi connectivity index (χ0n) is 13.8. The molecule has 1 aromatic rings. The molecule has 1 aliphatic carbocycles. The summed E-state index contributed by atoms with van der Waals surface area (Å²) in [6.07, 6.45) is 3.55. The van der Waals surface area contributed by atoms with Gasteiger partial charge in [-0.05, 0) is 49.8 Å². The molecule has 2 rings (SSSR count). The molecule has 0 bridgehead atoms. The maximum atomic E-state index is 11.0. The molecular weight excluding hydrogens is 300 g/mol. The highest BCUT2D eigenvalue weighted by Crippen LogP contribution is 2.32. The first-order valence-corrected chi connectivity index (χ1v) is 8.60. The first-order valence-electron chi connectivity index (χ1n) is 7.16. The van der Waals surface area contributed by atoms with Crippen LogP contribution in [0, 0.1) is 19.3 Å². The van der Waals surface area contributed by atoms with Crippen LogP contribution in [0.5, 0.6) is 0 Å².